The molecule has 0 aromatic carbocycles. The van der Waals surface area contributed by atoms with Crippen LogP contribution < -0.4 is 10.6 Å². The van der Waals surface area contributed by atoms with Crippen molar-refractivity contribution in [1.29, 1.82) is 0 Å². The van der Waals surface area contributed by atoms with Crippen LogP contribution in [-0.4, -0.2) is 43.9 Å². The zero-order valence-corrected chi connectivity index (χ0v) is 12.0. The van der Waals surface area contributed by atoms with E-state index in [9.17, 15) is 0 Å². The van der Waals surface area contributed by atoms with Crippen molar-refractivity contribution in [3.63, 3.8) is 0 Å². The van der Waals surface area contributed by atoms with Crippen molar-refractivity contribution in [2.24, 2.45) is 0 Å². The minimum Gasteiger partial charge on any atom is -0.379 e. The lowest BCUT2D eigenvalue weighted by molar-refractivity contribution is 0.0742. The first kappa shape index (κ1) is 14.4. The molecule has 2 heterocycles. The Hall–Kier alpha value is -0.970. The van der Waals surface area contributed by atoms with E-state index in [2.05, 4.69) is 35.5 Å². The number of hydrogen-bond acceptors (Lipinski definition) is 4. The molecule has 1 aromatic heterocycles. The number of morpholine rings is 1. The largest absolute Gasteiger partial charge is 0.379 e. The van der Waals surface area contributed by atoms with Gasteiger partial charge in [-0.25, -0.2) is 0 Å². The Morgan fingerprint density at radius 1 is 1.47 bits per heavy atom. The van der Waals surface area contributed by atoms with Crippen molar-refractivity contribution in [1.82, 2.24) is 15.6 Å². The van der Waals surface area contributed by atoms with Crippen molar-refractivity contribution in [2.45, 2.75) is 31.7 Å². The molecule has 1 aromatic rings. The number of pyridine rings is 1. The summed E-state index contributed by atoms with van der Waals surface area (Å²) in [7, 11) is 0. The lowest BCUT2D eigenvalue weighted by Crippen LogP contribution is -2.43. The van der Waals surface area contributed by atoms with Crippen LogP contribution in [0.3, 0.4) is 0 Å². The van der Waals surface area contributed by atoms with Gasteiger partial charge in [-0.05, 0) is 25.1 Å². The molecule has 2 N–H and O–H groups in total. The van der Waals surface area contributed by atoms with Crippen molar-refractivity contribution in [3.8, 4) is 0 Å². The summed E-state index contributed by atoms with van der Waals surface area (Å²) in [6.45, 7) is 9.07. The first-order valence-electron chi connectivity index (χ1n) is 7.12. The molecule has 2 rings (SSSR count). The molecule has 0 amide bonds. The highest BCUT2D eigenvalue weighted by Gasteiger charge is 2.21. The molecular formula is C15H25N3O. The first-order chi connectivity index (χ1) is 9.18. The van der Waals surface area contributed by atoms with Gasteiger partial charge in [0.1, 0.15) is 0 Å². The van der Waals surface area contributed by atoms with Crippen LogP contribution in [0.2, 0.25) is 0 Å². The summed E-state index contributed by atoms with van der Waals surface area (Å²) in [6, 6.07) is 6.60. The number of ether oxygens (including phenoxy) is 1. The van der Waals surface area contributed by atoms with Gasteiger partial charge in [-0.15, -0.1) is 0 Å². The highest BCUT2D eigenvalue weighted by Crippen LogP contribution is 2.19. The van der Waals surface area contributed by atoms with Gasteiger partial charge in [-0.3, -0.25) is 4.98 Å². The second-order valence-electron chi connectivity index (χ2n) is 5.79. The first-order valence-corrected chi connectivity index (χ1v) is 7.12. The quantitative estimate of drug-likeness (QED) is 0.760. The van der Waals surface area contributed by atoms with E-state index in [0.717, 1.165) is 45.0 Å². The Kier molecular flexibility index (Phi) is 5.31. The Morgan fingerprint density at radius 2 is 2.37 bits per heavy atom. The second kappa shape index (κ2) is 6.98. The molecule has 0 saturated carbocycles. The predicted molar refractivity (Wildman–Crippen MR) is 77.4 cm³/mol. The van der Waals surface area contributed by atoms with Crippen molar-refractivity contribution < 1.29 is 4.74 Å². The third kappa shape index (κ3) is 4.56. The molecule has 0 aliphatic carbocycles. The maximum Gasteiger partial charge on any atom is 0.0620 e. The van der Waals surface area contributed by atoms with Crippen LogP contribution in [0.4, 0.5) is 0 Å². The number of rotatable bonds is 6. The fourth-order valence-electron chi connectivity index (χ4n) is 2.34. The second-order valence-corrected chi connectivity index (χ2v) is 5.79. The summed E-state index contributed by atoms with van der Waals surface area (Å²) in [5.41, 5.74) is 1.21. The van der Waals surface area contributed by atoms with Gasteiger partial charge in [-0.1, -0.05) is 19.9 Å². The Labute approximate surface area is 116 Å². The summed E-state index contributed by atoms with van der Waals surface area (Å²) >= 11 is 0. The maximum absolute atomic E-state index is 5.45. The zero-order valence-electron chi connectivity index (χ0n) is 12.0. The van der Waals surface area contributed by atoms with Crippen LogP contribution in [0.1, 0.15) is 26.0 Å². The van der Waals surface area contributed by atoms with Crippen molar-refractivity contribution in [3.05, 3.63) is 30.1 Å². The lowest BCUT2D eigenvalue weighted by Gasteiger charge is -2.26. The molecule has 0 radical (unpaired) electrons. The molecule has 1 fully saturated rings. The molecule has 1 saturated heterocycles. The van der Waals surface area contributed by atoms with E-state index in [4.69, 9.17) is 4.74 Å². The Bertz CT molecular complexity index is 361. The van der Waals surface area contributed by atoms with E-state index >= 15 is 0 Å². The van der Waals surface area contributed by atoms with Crippen LogP contribution in [0.25, 0.3) is 0 Å². The van der Waals surface area contributed by atoms with Crippen LogP contribution in [0.15, 0.2) is 24.4 Å². The van der Waals surface area contributed by atoms with Gasteiger partial charge >= 0.3 is 0 Å². The van der Waals surface area contributed by atoms with Gasteiger partial charge in [0.2, 0.25) is 0 Å². The molecular weight excluding hydrogens is 238 g/mol. The van der Waals surface area contributed by atoms with Gasteiger partial charge in [0.15, 0.2) is 0 Å². The average Bonchev–Trinajstić information content (AvgIpc) is 2.46. The monoisotopic (exact) mass is 263 g/mol. The summed E-state index contributed by atoms with van der Waals surface area (Å²) in [5.74, 6) is 0. The molecule has 1 aliphatic heterocycles. The Balaban J connectivity index is 1.69. The minimum absolute atomic E-state index is 0.0672. The summed E-state index contributed by atoms with van der Waals surface area (Å²) < 4.78 is 5.45. The van der Waals surface area contributed by atoms with Crippen LogP contribution >= 0.6 is 0 Å². The van der Waals surface area contributed by atoms with E-state index in [-0.39, 0.29) is 5.41 Å². The third-order valence-corrected chi connectivity index (χ3v) is 3.59. The molecule has 19 heavy (non-hydrogen) atoms. The Morgan fingerprint density at radius 3 is 3.05 bits per heavy atom. The number of nitrogens with one attached hydrogen (secondary N) is 2. The van der Waals surface area contributed by atoms with E-state index < -0.39 is 0 Å². The van der Waals surface area contributed by atoms with Gasteiger partial charge < -0.3 is 15.4 Å². The molecule has 0 spiro atoms. The number of aromatic nitrogens is 1. The van der Waals surface area contributed by atoms with Crippen molar-refractivity contribution in [2.75, 3.05) is 32.8 Å². The number of nitrogens with zero attached hydrogens (tertiary/aromatic N) is 1. The third-order valence-electron chi connectivity index (χ3n) is 3.59. The highest BCUT2D eigenvalue weighted by molar-refractivity contribution is 5.14. The summed E-state index contributed by atoms with van der Waals surface area (Å²) in [4.78, 5) is 4.45. The van der Waals surface area contributed by atoms with Gasteiger partial charge in [0.25, 0.3) is 0 Å². The van der Waals surface area contributed by atoms with Crippen molar-refractivity contribution >= 4 is 0 Å². The van der Waals surface area contributed by atoms with Crippen LogP contribution in [0, 0.1) is 0 Å². The average molecular weight is 263 g/mol. The number of hydrogen-bond donors (Lipinski definition) is 2. The standard InChI is InChI=1S/C15H25N3O/c1-15(2,14-5-3-4-7-18-14)12-16-8-6-13-11-19-10-9-17-13/h3-5,7,13,16-17H,6,8-12H2,1-2H3. The fraction of sp³-hybridized carbons (Fsp3) is 0.667. The molecule has 1 aliphatic rings. The molecule has 1 atom stereocenters. The molecule has 1 unspecified atom stereocenters. The lowest BCUT2D eigenvalue weighted by atomic mass is 9.88. The van der Waals surface area contributed by atoms with Gasteiger partial charge in [0.05, 0.1) is 13.2 Å². The van der Waals surface area contributed by atoms with E-state index in [1.54, 1.807) is 0 Å². The molecule has 0 bridgehead atoms. The zero-order chi connectivity index (χ0) is 13.6. The van der Waals surface area contributed by atoms with E-state index in [1.807, 2.05) is 18.3 Å². The summed E-state index contributed by atoms with van der Waals surface area (Å²) in [5, 5.41) is 7.01. The predicted octanol–water partition coefficient (Wildman–Crippen LogP) is 1.33. The highest BCUT2D eigenvalue weighted by atomic mass is 16.5. The summed E-state index contributed by atoms with van der Waals surface area (Å²) in [6.07, 6.45) is 2.97. The fourth-order valence-corrected chi connectivity index (χ4v) is 2.34. The van der Waals surface area contributed by atoms with E-state index in [0.29, 0.717) is 6.04 Å². The minimum atomic E-state index is 0.0672. The SMILES string of the molecule is CC(C)(CNCCC1COCCN1)c1ccccn1. The molecule has 4 heteroatoms. The smallest absolute Gasteiger partial charge is 0.0620 e. The molecule has 4 nitrogen and oxygen atoms in total. The maximum atomic E-state index is 5.45. The normalized spacial score (nSPS) is 20.4. The van der Waals surface area contributed by atoms with Crippen LogP contribution in [-0.2, 0) is 10.2 Å². The van der Waals surface area contributed by atoms with Gasteiger partial charge in [-0.2, -0.15) is 0 Å². The topological polar surface area (TPSA) is 46.2 Å². The van der Waals surface area contributed by atoms with E-state index in [1.165, 1.54) is 0 Å². The van der Waals surface area contributed by atoms with Gasteiger partial charge in [0, 0.05) is 36.4 Å². The van der Waals surface area contributed by atoms with Crippen LogP contribution in [0.5, 0.6) is 0 Å². The molecule has 106 valence electrons.